The lowest BCUT2D eigenvalue weighted by molar-refractivity contribution is -0.124. The maximum atomic E-state index is 11.9. The number of methoxy groups -OCH3 is 1. The Bertz CT molecular complexity index is 821. The van der Waals surface area contributed by atoms with Crippen LogP contribution in [0.15, 0.2) is 47.6 Å². The van der Waals surface area contributed by atoms with Gasteiger partial charge in [-0.3, -0.25) is 9.59 Å². The molecule has 0 unspecified atom stereocenters. The number of carbonyl (C=O) groups is 2. The van der Waals surface area contributed by atoms with Crippen LogP contribution in [0.5, 0.6) is 5.75 Å². The predicted octanol–water partition coefficient (Wildman–Crippen LogP) is 3.53. The second-order valence-electron chi connectivity index (χ2n) is 5.54. The first-order chi connectivity index (χ1) is 12.5. The number of hydrogen-bond donors (Lipinski definition) is 2. The molecule has 2 aromatic carbocycles. The summed E-state index contributed by atoms with van der Waals surface area (Å²) in [5.74, 6) is 0.123. The molecule has 0 aliphatic rings. The zero-order chi connectivity index (χ0) is 18.9. The Morgan fingerprint density at radius 1 is 1.15 bits per heavy atom. The number of ether oxygens (including phenoxy) is 1. The van der Waals surface area contributed by atoms with E-state index in [1.165, 1.54) is 0 Å². The minimum absolute atomic E-state index is 0.0230. The van der Waals surface area contributed by atoms with E-state index in [9.17, 15) is 9.59 Å². The van der Waals surface area contributed by atoms with Crippen LogP contribution in [0.1, 0.15) is 24.0 Å². The molecule has 0 aromatic heterocycles. The van der Waals surface area contributed by atoms with Crippen molar-refractivity contribution < 1.29 is 14.3 Å². The molecule has 0 spiro atoms. The van der Waals surface area contributed by atoms with Crippen LogP contribution in [-0.4, -0.2) is 25.1 Å². The molecular formula is C19H20ClN3O3. The van der Waals surface area contributed by atoms with Gasteiger partial charge in [-0.05, 0) is 48.4 Å². The Hall–Kier alpha value is -2.86. The molecule has 0 atom stereocenters. The molecule has 0 aliphatic carbocycles. The van der Waals surface area contributed by atoms with E-state index in [1.54, 1.807) is 37.6 Å². The van der Waals surface area contributed by atoms with Crippen molar-refractivity contribution in [2.24, 2.45) is 5.10 Å². The Morgan fingerprint density at radius 2 is 1.88 bits per heavy atom. The first-order valence-corrected chi connectivity index (χ1v) is 8.38. The number of amides is 2. The average Bonchev–Trinajstić information content (AvgIpc) is 2.63. The Morgan fingerprint density at radius 3 is 2.58 bits per heavy atom. The average molecular weight is 374 g/mol. The summed E-state index contributed by atoms with van der Waals surface area (Å²) in [7, 11) is 1.60. The highest BCUT2D eigenvalue weighted by atomic mass is 35.5. The molecular weight excluding hydrogens is 354 g/mol. The molecule has 26 heavy (non-hydrogen) atoms. The molecule has 2 N–H and O–H groups in total. The number of anilines is 1. The van der Waals surface area contributed by atoms with Gasteiger partial charge in [0.15, 0.2) is 0 Å². The molecule has 0 aliphatic heterocycles. The SMILES string of the molecule is COc1ccc(C=NNC(=O)CCC(=O)Nc2ccccc2Cl)c(C)c1. The lowest BCUT2D eigenvalue weighted by Crippen LogP contribution is -2.20. The predicted molar refractivity (Wildman–Crippen MR) is 103 cm³/mol. The molecule has 136 valence electrons. The van der Waals surface area contributed by atoms with E-state index >= 15 is 0 Å². The van der Waals surface area contributed by atoms with Gasteiger partial charge in [-0.2, -0.15) is 5.10 Å². The van der Waals surface area contributed by atoms with Crippen LogP contribution in [0.3, 0.4) is 0 Å². The number of halogens is 1. The molecule has 2 rings (SSSR count). The van der Waals surface area contributed by atoms with Gasteiger partial charge in [-0.25, -0.2) is 5.43 Å². The van der Waals surface area contributed by atoms with Crippen molar-refractivity contribution in [2.45, 2.75) is 19.8 Å². The van der Waals surface area contributed by atoms with Crippen molar-refractivity contribution in [1.82, 2.24) is 5.43 Å². The molecule has 2 aromatic rings. The molecule has 0 heterocycles. The lowest BCUT2D eigenvalue weighted by atomic mass is 10.1. The maximum absolute atomic E-state index is 11.9. The summed E-state index contributed by atoms with van der Waals surface area (Å²) in [6.45, 7) is 1.92. The number of benzene rings is 2. The fourth-order valence-electron chi connectivity index (χ4n) is 2.15. The first-order valence-electron chi connectivity index (χ1n) is 8.00. The van der Waals surface area contributed by atoms with E-state index in [1.807, 2.05) is 25.1 Å². The Labute approximate surface area is 157 Å². The van der Waals surface area contributed by atoms with E-state index in [2.05, 4.69) is 15.8 Å². The van der Waals surface area contributed by atoms with Gasteiger partial charge in [0.1, 0.15) is 5.75 Å². The van der Waals surface area contributed by atoms with E-state index in [0.29, 0.717) is 10.7 Å². The molecule has 2 amide bonds. The van der Waals surface area contributed by atoms with Crippen LogP contribution in [0.25, 0.3) is 0 Å². The van der Waals surface area contributed by atoms with Crippen molar-refractivity contribution in [2.75, 3.05) is 12.4 Å². The van der Waals surface area contributed by atoms with Crippen molar-refractivity contribution in [1.29, 1.82) is 0 Å². The third-order valence-electron chi connectivity index (χ3n) is 3.60. The summed E-state index contributed by atoms with van der Waals surface area (Å²) in [6, 6.07) is 12.5. The number of hydrogen-bond acceptors (Lipinski definition) is 4. The molecule has 7 heteroatoms. The number of para-hydroxylation sites is 1. The smallest absolute Gasteiger partial charge is 0.240 e. The monoisotopic (exact) mass is 373 g/mol. The van der Waals surface area contributed by atoms with Gasteiger partial charge in [0, 0.05) is 12.8 Å². The van der Waals surface area contributed by atoms with Gasteiger partial charge in [0.2, 0.25) is 11.8 Å². The standard InChI is InChI=1S/C19H20ClN3O3/c1-13-11-15(26-2)8-7-14(13)12-21-23-19(25)10-9-18(24)22-17-6-4-3-5-16(17)20/h3-8,11-12H,9-10H2,1-2H3,(H,22,24)(H,23,25). The van der Waals surface area contributed by atoms with Crippen LogP contribution < -0.4 is 15.5 Å². The van der Waals surface area contributed by atoms with Gasteiger partial charge in [-0.15, -0.1) is 0 Å². The van der Waals surface area contributed by atoms with Gasteiger partial charge < -0.3 is 10.1 Å². The van der Waals surface area contributed by atoms with E-state index in [0.717, 1.165) is 16.9 Å². The van der Waals surface area contributed by atoms with Crippen LogP contribution in [-0.2, 0) is 9.59 Å². The summed E-state index contributed by atoms with van der Waals surface area (Å²) < 4.78 is 5.14. The second-order valence-corrected chi connectivity index (χ2v) is 5.95. The Kier molecular flexibility index (Phi) is 7.17. The molecule has 0 bridgehead atoms. The van der Waals surface area contributed by atoms with Gasteiger partial charge in [0.25, 0.3) is 0 Å². The normalized spacial score (nSPS) is 10.6. The highest BCUT2D eigenvalue weighted by Gasteiger charge is 2.08. The summed E-state index contributed by atoms with van der Waals surface area (Å²) in [5.41, 5.74) is 4.77. The van der Waals surface area contributed by atoms with Crippen molar-refractivity contribution in [3.63, 3.8) is 0 Å². The highest BCUT2D eigenvalue weighted by molar-refractivity contribution is 6.33. The molecule has 0 fully saturated rings. The largest absolute Gasteiger partial charge is 0.497 e. The summed E-state index contributed by atoms with van der Waals surface area (Å²) in [4.78, 5) is 23.7. The topological polar surface area (TPSA) is 79.8 Å². The lowest BCUT2D eigenvalue weighted by Gasteiger charge is -2.06. The fourth-order valence-corrected chi connectivity index (χ4v) is 2.34. The zero-order valence-electron chi connectivity index (χ0n) is 14.6. The summed E-state index contributed by atoms with van der Waals surface area (Å²) in [5, 5.41) is 7.03. The third kappa shape index (κ3) is 5.89. The Balaban J connectivity index is 1.78. The number of carbonyl (C=O) groups excluding carboxylic acids is 2. The van der Waals surface area contributed by atoms with Gasteiger partial charge in [0.05, 0.1) is 24.0 Å². The number of rotatable bonds is 7. The van der Waals surface area contributed by atoms with E-state index < -0.39 is 0 Å². The number of nitrogens with zero attached hydrogens (tertiary/aromatic N) is 1. The number of aryl methyl sites for hydroxylation is 1. The zero-order valence-corrected chi connectivity index (χ0v) is 15.3. The quantitative estimate of drug-likeness (QED) is 0.575. The van der Waals surface area contributed by atoms with Crippen LogP contribution in [0, 0.1) is 6.92 Å². The molecule has 0 radical (unpaired) electrons. The van der Waals surface area contributed by atoms with Crippen molar-refractivity contribution in [3.8, 4) is 5.75 Å². The summed E-state index contributed by atoms with van der Waals surface area (Å²) >= 11 is 5.97. The van der Waals surface area contributed by atoms with Crippen LogP contribution >= 0.6 is 11.6 Å². The van der Waals surface area contributed by atoms with Crippen molar-refractivity contribution >= 4 is 35.3 Å². The molecule has 0 saturated heterocycles. The first kappa shape index (κ1) is 19.5. The molecule has 6 nitrogen and oxygen atoms in total. The third-order valence-corrected chi connectivity index (χ3v) is 3.93. The highest BCUT2D eigenvalue weighted by Crippen LogP contribution is 2.20. The minimum atomic E-state index is -0.346. The van der Waals surface area contributed by atoms with Crippen LogP contribution in [0.2, 0.25) is 5.02 Å². The summed E-state index contributed by atoms with van der Waals surface area (Å²) in [6.07, 6.45) is 1.61. The number of nitrogens with one attached hydrogen (secondary N) is 2. The van der Waals surface area contributed by atoms with E-state index in [-0.39, 0.29) is 24.7 Å². The minimum Gasteiger partial charge on any atom is -0.497 e. The number of hydrazone groups is 1. The van der Waals surface area contributed by atoms with Crippen molar-refractivity contribution in [3.05, 3.63) is 58.6 Å². The van der Waals surface area contributed by atoms with Gasteiger partial charge in [-0.1, -0.05) is 23.7 Å². The van der Waals surface area contributed by atoms with Gasteiger partial charge >= 0.3 is 0 Å². The second kappa shape index (κ2) is 9.58. The van der Waals surface area contributed by atoms with E-state index in [4.69, 9.17) is 16.3 Å². The molecule has 0 saturated carbocycles. The fraction of sp³-hybridized carbons (Fsp3) is 0.211. The van der Waals surface area contributed by atoms with Crippen LogP contribution in [0.4, 0.5) is 5.69 Å². The maximum Gasteiger partial charge on any atom is 0.240 e.